The summed E-state index contributed by atoms with van der Waals surface area (Å²) in [5.74, 6) is 1.06. The third kappa shape index (κ3) is 3.49. The van der Waals surface area contributed by atoms with Crippen LogP contribution >= 0.6 is 0 Å². The topological polar surface area (TPSA) is 51.0 Å². The number of nitrogens with one attached hydrogen (secondary N) is 1. The molecule has 0 spiro atoms. The van der Waals surface area contributed by atoms with Gasteiger partial charge in [0.2, 0.25) is 11.8 Å². The summed E-state index contributed by atoms with van der Waals surface area (Å²) in [7, 11) is 0. The fourth-order valence-corrected chi connectivity index (χ4v) is 2.80. The number of aromatic nitrogens is 2. The highest BCUT2D eigenvalue weighted by Gasteiger charge is 2.21. The van der Waals surface area contributed by atoms with Crippen molar-refractivity contribution in [2.45, 2.75) is 13.0 Å². The van der Waals surface area contributed by atoms with Gasteiger partial charge in [-0.05, 0) is 36.8 Å². The van der Waals surface area contributed by atoms with Crippen LogP contribution in [-0.4, -0.2) is 10.2 Å². The van der Waals surface area contributed by atoms with Crippen LogP contribution in [0.15, 0.2) is 89.3 Å². The van der Waals surface area contributed by atoms with E-state index < -0.39 is 0 Å². The largest absolute Gasteiger partial charge is 0.418 e. The number of nitrogens with zero attached hydrogens (tertiary/aromatic N) is 2. The van der Waals surface area contributed by atoms with E-state index >= 15 is 0 Å². The van der Waals surface area contributed by atoms with E-state index in [9.17, 15) is 0 Å². The minimum absolute atomic E-state index is 0.219. The molecule has 1 heterocycles. The van der Waals surface area contributed by atoms with Crippen molar-refractivity contribution in [2.24, 2.45) is 0 Å². The molecule has 0 unspecified atom stereocenters. The summed E-state index contributed by atoms with van der Waals surface area (Å²) in [5.41, 5.74) is 4.20. The van der Waals surface area contributed by atoms with Gasteiger partial charge in [0.1, 0.15) is 6.04 Å². The van der Waals surface area contributed by atoms with Crippen LogP contribution in [0.2, 0.25) is 0 Å². The Kier molecular flexibility index (Phi) is 4.48. The molecule has 0 aliphatic rings. The molecule has 0 bridgehead atoms. The molecule has 4 nitrogen and oxygen atoms in total. The van der Waals surface area contributed by atoms with E-state index in [0.717, 1.165) is 16.8 Å². The molecule has 128 valence electrons. The first kappa shape index (κ1) is 16.1. The number of aryl methyl sites for hydroxylation is 1. The number of hydrogen-bond donors (Lipinski definition) is 1. The lowest BCUT2D eigenvalue weighted by Gasteiger charge is -2.17. The second-order valence-corrected chi connectivity index (χ2v) is 6.17. The van der Waals surface area contributed by atoms with E-state index in [1.165, 1.54) is 5.56 Å². The Hall–Kier alpha value is -3.40. The number of hydrogen-bond acceptors (Lipinski definition) is 4. The lowest BCUT2D eigenvalue weighted by Crippen LogP contribution is -2.12. The van der Waals surface area contributed by atoms with E-state index in [0.29, 0.717) is 11.8 Å². The number of benzene rings is 3. The van der Waals surface area contributed by atoms with Gasteiger partial charge in [0.25, 0.3) is 0 Å². The van der Waals surface area contributed by atoms with E-state index in [2.05, 4.69) is 58.8 Å². The van der Waals surface area contributed by atoms with Gasteiger partial charge >= 0.3 is 0 Å². The summed E-state index contributed by atoms with van der Waals surface area (Å²) in [6.07, 6.45) is 0. The Morgan fingerprint density at radius 2 is 1.42 bits per heavy atom. The predicted molar refractivity (Wildman–Crippen MR) is 103 cm³/mol. The first-order chi connectivity index (χ1) is 12.8. The Balaban J connectivity index is 1.69. The molecular formula is C22H19N3O. The Morgan fingerprint density at radius 3 is 2.12 bits per heavy atom. The van der Waals surface area contributed by atoms with Crippen molar-refractivity contribution in [1.82, 2.24) is 10.2 Å². The maximum absolute atomic E-state index is 6.00. The highest BCUT2D eigenvalue weighted by molar-refractivity contribution is 5.53. The molecule has 4 heteroatoms. The molecule has 1 N–H and O–H groups in total. The first-order valence-corrected chi connectivity index (χ1v) is 8.56. The summed E-state index contributed by atoms with van der Waals surface area (Å²) >= 11 is 0. The van der Waals surface area contributed by atoms with Gasteiger partial charge in [0, 0.05) is 11.3 Å². The Bertz CT molecular complexity index is 963. The average Bonchev–Trinajstić information content (AvgIpc) is 3.19. The van der Waals surface area contributed by atoms with Gasteiger partial charge in [0.15, 0.2) is 0 Å². The standard InChI is InChI=1S/C22H19N3O/c1-16-12-14-19(15-13-16)23-20(17-8-4-2-5-9-17)22-25-24-21(26-22)18-10-6-3-7-11-18/h2-15,20,23H,1H3/t20-/m1/s1. The summed E-state index contributed by atoms with van der Waals surface area (Å²) in [6, 6.07) is 28.0. The highest BCUT2D eigenvalue weighted by atomic mass is 16.4. The number of anilines is 1. The summed E-state index contributed by atoms with van der Waals surface area (Å²) < 4.78 is 6.00. The van der Waals surface area contributed by atoms with Crippen LogP contribution in [-0.2, 0) is 0 Å². The summed E-state index contributed by atoms with van der Waals surface area (Å²) in [4.78, 5) is 0. The molecule has 0 saturated carbocycles. The average molecular weight is 341 g/mol. The number of rotatable bonds is 5. The lowest BCUT2D eigenvalue weighted by atomic mass is 10.1. The molecule has 1 atom stereocenters. The molecule has 0 fully saturated rings. The van der Waals surface area contributed by atoms with Crippen LogP contribution in [0.25, 0.3) is 11.5 Å². The molecule has 0 aliphatic carbocycles. The quantitative estimate of drug-likeness (QED) is 0.539. The summed E-state index contributed by atoms with van der Waals surface area (Å²) in [6.45, 7) is 2.07. The molecule has 1 aromatic heterocycles. The van der Waals surface area contributed by atoms with Crippen LogP contribution in [0.1, 0.15) is 23.1 Å². The maximum atomic E-state index is 6.00. The van der Waals surface area contributed by atoms with Gasteiger partial charge in [-0.1, -0.05) is 66.2 Å². The molecule has 0 radical (unpaired) electrons. The van der Waals surface area contributed by atoms with Crippen molar-refractivity contribution in [3.63, 3.8) is 0 Å². The van der Waals surface area contributed by atoms with Crippen LogP contribution in [0, 0.1) is 6.92 Å². The fourth-order valence-electron chi connectivity index (χ4n) is 2.80. The summed E-state index contributed by atoms with van der Waals surface area (Å²) in [5, 5.41) is 12.0. The van der Waals surface area contributed by atoms with Crippen molar-refractivity contribution in [1.29, 1.82) is 0 Å². The third-order valence-corrected chi connectivity index (χ3v) is 4.20. The third-order valence-electron chi connectivity index (χ3n) is 4.20. The SMILES string of the molecule is Cc1ccc(N[C@H](c2ccccc2)c2nnc(-c3ccccc3)o2)cc1. The van der Waals surface area contributed by atoms with Gasteiger partial charge in [-0.3, -0.25) is 0 Å². The highest BCUT2D eigenvalue weighted by Crippen LogP contribution is 2.28. The molecule has 4 rings (SSSR count). The van der Waals surface area contributed by atoms with Crippen molar-refractivity contribution in [2.75, 3.05) is 5.32 Å². The fraction of sp³-hybridized carbons (Fsp3) is 0.0909. The molecule has 0 aliphatic heterocycles. The van der Waals surface area contributed by atoms with Gasteiger partial charge in [-0.15, -0.1) is 10.2 Å². The van der Waals surface area contributed by atoms with Crippen molar-refractivity contribution >= 4 is 5.69 Å². The smallest absolute Gasteiger partial charge is 0.247 e. The van der Waals surface area contributed by atoms with E-state index in [1.807, 2.05) is 48.5 Å². The predicted octanol–water partition coefficient (Wildman–Crippen LogP) is 5.25. The zero-order valence-electron chi connectivity index (χ0n) is 14.5. The van der Waals surface area contributed by atoms with Crippen molar-refractivity contribution in [3.8, 4) is 11.5 Å². The molecule has 0 saturated heterocycles. The van der Waals surface area contributed by atoms with Crippen molar-refractivity contribution < 1.29 is 4.42 Å². The van der Waals surface area contributed by atoms with E-state index in [-0.39, 0.29) is 6.04 Å². The Morgan fingerprint density at radius 1 is 0.769 bits per heavy atom. The molecule has 0 amide bonds. The maximum Gasteiger partial charge on any atom is 0.247 e. The van der Waals surface area contributed by atoms with Gasteiger partial charge in [0.05, 0.1) is 0 Å². The molecule has 4 aromatic rings. The van der Waals surface area contributed by atoms with Crippen molar-refractivity contribution in [3.05, 3.63) is 102 Å². The van der Waals surface area contributed by atoms with Gasteiger partial charge in [-0.2, -0.15) is 0 Å². The van der Waals surface area contributed by atoms with Crippen LogP contribution < -0.4 is 5.32 Å². The molecule has 26 heavy (non-hydrogen) atoms. The minimum atomic E-state index is -0.219. The second-order valence-electron chi connectivity index (χ2n) is 6.17. The zero-order valence-corrected chi connectivity index (χ0v) is 14.5. The first-order valence-electron chi connectivity index (χ1n) is 8.56. The van der Waals surface area contributed by atoms with Crippen LogP contribution in [0.4, 0.5) is 5.69 Å². The van der Waals surface area contributed by atoms with Crippen LogP contribution in [0.3, 0.4) is 0 Å². The lowest BCUT2D eigenvalue weighted by molar-refractivity contribution is 0.494. The Labute approximate surface area is 152 Å². The minimum Gasteiger partial charge on any atom is -0.418 e. The monoisotopic (exact) mass is 341 g/mol. The normalized spacial score (nSPS) is 11.9. The van der Waals surface area contributed by atoms with E-state index in [1.54, 1.807) is 0 Å². The molecule has 3 aromatic carbocycles. The second kappa shape index (κ2) is 7.23. The zero-order chi connectivity index (χ0) is 17.8. The van der Waals surface area contributed by atoms with Crippen LogP contribution in [0.5, 0.6) is 0 Å². The van der Waals surface area contributed by atoms with E-state index in [4.69, 9.17) is 4.42 Å². The van der Waals surface area contributed by atoms with Gasteiger partial charge < -0.3 is 9.73 Å². The van der Waals surface area contributed by atoms with Gasteiger partial charge in [-0.25, -0.2) is 0 Å². The molecular weight excluding hydrogens is 322 g/mol.